The Kier molecular flexibility index (Phi) is 6.10. The van der Waals surface area contributed by atoms with E-state index >= 15 is 0 Å². The molecular weight excluding hydrogens is 353 g/mol. The first-order valence-corrected chi connectivity index (χ1v) is 7.40. The number of alkyl halides is 3. The third-order valence-electron chi connectivity index (χ3n) is 2.92. The van der Waals surface area contributed by atoms with Gasteiger partial charge in [-0.2, -0.15) is 13.2 Å². The van der Waals surface area contributed by atoms with Crippen molar-refractivity contribution in [2.75, 3.05) is 11.9 Å². The Bertz CT molecular complexity index is 796. The van der Waals surface area contributed by atoms with E-state index in [0.29, 0.717) is 5.69 Å². The van der Waals surface area contributed by atoms with Crippen LogP contribution in [-0.2, 0) is 11.3 Å². The first-order valence-electron chi connectivity index (χ1n) is 7.40. The minimum Gasteiger partial charge on any atom is -0.468 e. The van der Waals surface area contributed by atoms with E-state index in [1.807, 2.05) is 0 Å². The summed E-state index contributed by atoms with van der Waals surface area (Å²) in [6.07, 6.45) is -3.09. The Morgan fingerprint density at radius 2 is 2.00 bits per heavy atom. The van der Waals surface area contributed by atoms with Crippen molar-refractivity contribution < 1.29 is 27.5 Å². The first kappa shape index (κ1) is 19.2. The standard InChI is InChI=1S/C16H15F3N4O3/c1-10(24)22-13-7-11(5-6-20-13)15(25)21-8-12-3-2-4-14(23-12)26-9-16(17,18)19/h2-7H,8-9H2,1H3,(H,21,25)(H,20,22,24). The molecule has 2 aromatic rings. The van der Waals surface area contributed by atoms with Gasteiger partial charge in [0.05, 0.1) is 12.2 Å². The number of aromatic nitrogens is 2. The molecule has 0 fully saturated rings. The molecule has 2 amide bonds. The van der Waals surface area contributed by atoms with Crippen LogP contribution in [-0.4, -0.2) is 34.6 Å². The van der Waals surface area contributed by atoms with Crippen molar-refractivity contribution in [2.45, 2.75) is 19.6 Å². The van der Waals surface area contributed by atoms with E-state index in [1.165, 1.54) is 43.5 Å². The summed E-state index contributed by atoms with van der Waals surface area (Å²) >= 11 is 0. The molecule has 10 heteroatoms. The maximum absolute atomic E-state index is 12.2. The van der Waals surface area contributed by atoms with Gasteiger partial charge in [-0.25, -0.2) is 9.97 Å². The highest BCUT2D eigenvalue weighted by atomic mass is 19.4. The van der Waals surface area contributed by atoms with Crippen molar-refractivity contribution in [2.24, 2.45) is 0 Å². The highest BCUT2D eigenvalue weighted by Crippen LogP contribution is 2.17. The Morgan fingerprint density at radius 1 is 1.23 bits per heavy atom. The van der Waals surface area contributed by atoms with Crippen molar-refractivity contribution in [3.8, 4) is 5.88 Å². The van der Waals surface area contributed by atoms with E-state index in [2.05, 4.69) is 25.3 Å². The van der Waals surface area contributed by atoms with Gasteiger partial charge >= 0.3 is 6.18 Å². The number of nitrogens with one attached hydrogen (secondary N) is 2. The number of hydrogen-bond donors (Lipinski definition) is 2. The lowest BCUT2D eigenvalue weighted by Crippen LogP contribution is -2.24. The number of anilines is 1. The molecule has 0 aromatic carbocycles. The van der Waals surface area contributed by atoms with Crippen LogP contribution in [0.2, 0.25) is 0 Å². The fourth-order valence-corrected chi connectivity index (χ4v) is 1.89. The van der Waals surface area contributed by atoms with Gasteiger partial charge in [-0.15, -0.1) is 0 Å². The van der Waals surface area contributed by atoms with E-state index in [-0.39, 0.29) is 29.7 Å². The molecule has 7 nitrogen and oxygen atoms in total. The zero-order chi connectivity index (χ0) is 19.2. The number of carbonyl (C=O) groups is 2. The zero-order valence-corrected chi connectivity index (χ0v) is 13.6. The van der Waals surface area contributed by atoms with E-state index < -0.39 is 18.7 Å². The molecule has 0 saturated carbocycles. The molecule has 2 heterocycles. The molecule has 0 bridgehead atoms. The number of nitrogens with zero attached hydrogens (tertiary/aromatic N) is 2. The summed E-state index contributed by atoms with van der Waals surface area (Å²) in [6, 6.07) is 7.15. The summed E-state index contributed by atoms with van der Waals surface area (Å²) < 4.78 is 41.0. The number of carbonyl (C=O) groups excluding carboxylic acids is 2. The summed E-state index contributed by atoms with van der Waals surface area (Å²) in [4.78, 5) is 30.9. The van der Waals surface area contributed by atoms with Crippen LogP contribution in [0.3, 0.4) is 0 Å². The molecule has 2 aromatic heterocycles. The molecular formula is C16H15F3N4O3. The molecule has 0 radical (unpaired) electrons. The van der Waals surface area contributed by atoms with Crippen LogP contribution in [0.15, 0.2) is 36.5 Å². The predicted octanol–water partition coefficient (Wildman–Crippen LogP) is 2.31. The largest absolute Gasteiger partial charge is 0.468 e. The third kappa shape index (κ3) is 6.38. The second-order valence-electron chi connectivity index (χ2n) is 5.16. The molecule has 2 N–H and O–H groups in total. The fraction of sp³-hybridized carbons (Fsp3) is 0.250. The predicted molar refractivity (Wildman–Crippen MR) is 85.5 cm³/mol. The second kappa shape index (κ2) is 8.28. The molecule has 0 atom stereocenters. The van der Waals surface area contributed by atoms with Crippen LogP contribution < -0.4 is 15.4 Å². The third-order valence-corrected chi connectivity index (χ3v) is 2.92. The Morgan fingerprint density at radius 3 is 2.69 bits per heavy atom. The summed E-state index contributed by atoms with van der Waals surface area (Å²) in [5.74, 6) is -0.742. The van der Waals surface area contributed by atoms with Crippen molar-refractivity contribution >= 4 is 17.6 Å². The number of ether oxygens (including phenoxy) is 1. The second-order valence-corrected chi connectivity index (χ2v) is 5.16. The van der Waals surface area contributed by atoms with Crippen molar-refractivity contribution in [3.05, 3.63) is 47.8 Å². The van der Waals surface area contributed by atoms with Crippen LogP contribution in [0.25, 0.3) is 0 Å². The minimum atomic E-state index is -4.46. The van der Waals surface area contributed by atoms with Crippen LogP contribution in [0.1, 0.15) is 23.0 Å². The van der Waals surface area contributed by atoms with Gasteiger partial charge in [0.25, 0.3) is 5.91 Å². The van der Waals surface area contributed by atoms with Gasteiger partial charge in [0.2, 0.25) is 11.8 Å². The smallest absolute Gasteiger partial charge is 0.422 e. The number of amides is 2. The molecule has 0 spiro atoms. The molecule has 0 aliphatic carbocycles. The summed E-state index contributed by atoms with van der Waals surface area (Å²) in [5.41, 5.74) is 0.586. The lowest BCUT2D eigenvalue weighted by molar-refractivity contribution is -0.154. The highest BCUT2D eigenvalue weighted by molar-refractivity contribution is 5.96. The van der Waals surface area contributed by atoms with Crippen molar-refractivity contribution in [3.63, 3.8) is 0 Å². The van der Waals surface area contributed by atoms with Gasteiger partial charge in [-0.3, -0.25) is 9.59 Å². The Hall–Kier alpha value is -3.17. The Labute approximate surface area is 146 Å². The molecule has 26 heavy (non-hydrogen) atoms. The number of pyridine rings is 2. The van der Waals surface area contributed by atoms with Crippen molar-refractivity contribution in [1.29, 1.82) is 0 Å². The first-order chi connectivity index (χ1) is 12.2. The van der Waals surface area contributed by atoms with Gasteiger partial charge in [-0.05, 0) is 18.2 Å². The molecule has 2 rings (SSSR count). The van der Waals surface area contributed by atoms with Crippen LogP contribution >= 0.6 is 0 Å². The summed E-state index contributed by atoms with van der Waals surface area (Å²) in [5, 5.41) is 5.03. The Balaban J connectivity index is 1.96. The normalized spacial score (nSPS) is 10.9. The lowest BCUT2D eigenvalue weighted by Gasteiger charge is -2.10. The van der Waals surface area contributed by atoms with E-state index in [4.69, 9.17) is 0 Å². The monoisotopic (exact) mass is 368 g/mol. The van der Waals surface area contributed by atoms with E-state index in [9.17, 15) is 22.8 Å². The zero-order valence-electron chi connectivity index (χ0n) is 13.6. The van der Waals surface area contributed by atoms with Crippen LogP contribution in [0.4, 0.5) is 19.0 Å². The average Bonchev–Trinajstić information content (AvgIpc) is 2.57. The van der Waals surface area contributed by atoms with Crippen molar-refractivity contribution in [1.82, 2.24) is 15.3 Å². The van der Waals surface area contributed by atoms with Gasteiger partial charge < -0.3 is 15.4 Å². The van der Waals surface area contributed by atoms with E-state index in [0.717, 1.165) is 0 Å². The SMILES string of the molecule is CC(=O)Nc1cc(C(=O)NCc2cccc(OCC(F)(F)F)n2)ccn1. The molecule has 0 aliphatic rings. The average molecular weight is 368 g/mol. The maximum atomic E-state index is 12.2. The summed E-state index contributed by atoms with van der Waals surface area (Å²) in [6.45, 7) is -0.146. The van der Waals surface area contributed by atoms with Crippen LogP contribution in [0.5, 0.6) is 5.88 Å². The summed E-state index contributed by atoms with van der Waals surface area (Å²) in [7, 11) is 0. The van der Waals surface area contributed by atoms with Gasteiger partial charge in [0.15, 0.2) is 6.61 Å². The quantitative estimate of drug-likeness (QED) is 0.816. The molecule has 0 saturated heterocycles. The van der Waals surface area contributed by atoms with Gasteiger partial charge in [0.1, 0.15) is 5.82 Å². The number of rotatable bonds is 6. The molecule has 138 valence electrons. The fourth-order valence-electron chi connectivity index (χ4n) is 1.89. The molecule has 0 unspecified atom stereocenters. The number of hydrogen-bond acceptors (Lipinski definition) is 5. The van der Waals surface area contributed by atoms with Gasteiger partial charge in [-0.1, -0.05) is 6.07 Å². The van der Waals surface area contributed by atoms with Crippen LogP contribution in [0, 0.1) is 0 Å². The highest BCUT2D eigenvalue weighted by Gasteiger charge is 2.28. The minimum absolute atomic E-state index is 0.0140. The van der Waals surface area contributed by atoms with E-state index in [1.54, 1.807) is 0 Å². The molecule has 0 aliphatic heterocycles. The number of halogens is 3. The maximum Gasteiger partial charge on any atom is 0.422 e. The topological polar surface area (TPSA) is 93.2 Å². The lowest BCUT2D eigenvalue weighted by atomic mass is 10.2. The van der Waals surface area contributed by atoms with Gasteiger partial charge in [0, 0.05) is 24.8 Å².